The Hall–Kier alpha value is -1.71. The van der Waals surface area contributed by atoms with Crippen LogP contribution in [0.4, 0.5) is 0 Å². The summed E-state index contributed by atoms with van der Waals surface area (Å²) < 4.78 is 5.35. The summed E-state index contributed by atoms with van der Waals surface area (Å²) in [5.41, 5.74) is 1.41. The van der Waals surface area contributed by atoms with Crippen molar-refractivity contribution in [1.82, 2.24) is 9.80 Å². The highest BCUT2D eigenvalue weighted by Crippen LogP contribution is 2.49. The maximum absolute atomic E-state index is 5.35. The van der Waals surface area contributed by atoms with E-state index < -0.39 is 0 Å². The summed E-state index contributed by atoms with van der Waals surface area (Å²) in [6.07, 6.45) is 12.4. The minimum atomic E-state index is 0.556. The summed E-state index contributed by atoms with van der Waals surface area (Å²) in [7, 11) is 1.74. The number of hydrogen-bond acceptors (Lipinski definition) is 4. The van der Waals surface area contributed by atoms with Crippen molar-refractivity contribution in [2.45, 2.75) is 76.8 Å². The number of methoxy groups -OCH3 is 1. The molecule has 2 aliphatic carbocycles. The highest BCUT2D eigenvalue weighted by atomic mass is 16.5. The van der Waals surface area contributed by atoms with Crippen LogP contribution in [0.25, 0.3) is 0 Å². The number of hydrogen-bond donors (Lipinski definition) is 0. The first-order chi connectivity index (χ1) is 14.7. The molecule has 0 amide bonds. The van der Waals surface area contributed by atoms with Crippen LogP contribution in [0.5, 0.6) is 5.75 Å². The molecule has 0 aromatic heterocycles. The van der Waals surface area contributed by atoms with E-state index in [9.17, 15) is 0 Å². The van der Waals surface area contributed by atoms with Gasteiger partial charge in [0.2, 0.25) is 0 Å². The van der Waals surface area contributed by atoms with Crippen LogP contribution >= 0.6 is 0 Å². The van der Waals surface area contributed by atoms with Crippen molar-refractivity contribution in [1.29, 1.82) is 0 Å². The molecule has 0 spiro atoms. The van der Waals surface area contributed by atoms with Gasteiger partial charge >= 0.3 is 0 Å². The van der Waals surface area contributed by atoms with Gasteiger partial charge in [-0.1, -0.05) is 38.3 Å². The highest BCUT2D eigenvalue weighted by molar-refractivity contribution is 5.84. The molecule has 0 radical (unpaired) electrons. The van der Waals surface area contributed by atoms with Gasteiger partial charge in [-0.25, -0.2) is 0 Å². The summed E-state index contributed by atoms with van der Waals surface area (Å²) in [5, 5.41) is 0. The average Bonchev–Trinajstić information content (AvgIpc) is 3.54. The van der Waals surface area contributed by atoms with E-state index in [4.69, 9.17) is 9.73 Å². The van der Waals surface area contributed by atoms with Gasteiger partial charge in [-0.3, -0.25) is 4.99 Å². The molecule has 30 heavy (non-hydrogen) atoms. The summed E-state index contributed by atoms with van der Waals surface area (Å²) >= 11 is 0. The number of benzene rings is 1. The monoisotopic (exact) mass is 409 g/mol. The van der Waals surface area contributed by atoms with Crippen molar-refractivity contribution in [3.63, 3.8) is 0 Å². The largest absolute Gasteiger partial charge is 0.497 e. The third-order valence-electron chi connectivity index (χ3n) is 8.39. The molecule has 164 valence electrons. The number of aliphatic imine (C=N–C) groups is 1. The van der Waals surface area contributed by atoms with E-state index >= 15 is 0 Å². The molecule has 2 bridgehead atoms. The Kier molecular flexibility index (Phi) is 5.93. The molecule has 1 aromatic carbocycles. The lowest BCUT2D eigenvalue weighted by Crippen LogP contribution is -2.38. The van der Waals surface area contributed by atoms with E-state index in [1.165, 1.54) is 69.4 Å². The topological polar surface area (TPSA) is 28.1 Å². The van der Waals surface area contributed by atoms with Crippen LogP contribution < -0.4 is 4.74 Å². The lowest BCUT2D eigenvalue weighted by Gasteiger charge is -2.29. The van der Waals surface area contributed by atoms with Gasteiger partial charge in [0.1, 0.15) is 5.75 Å². The number of guanidine groups is 1. The number of unbranched alkanes of at least 4 members (excludes halogenated alkanes) is 1. The predicted molar refractivity (Wildman–Crippen MR) is 123 cm³/mol. The summed E-state index contributed by atoms with van der Waals surface area (Å²) in [6.45, 7) is 5.66. The van der Waals surface area contributed by atoms with Crippen LogP contribution in [-0.4, -0.2) is 54.6 Å². The van der Waals surface area contributed by atoms with Gasteiger partial charge in [-0.05, 0) is 74.0 Å². The third kappa shape index (κ3) is 3.94. The number of nitrogens with zero attached hydrogens (tertiary/aromatic N) is 3. The number of fused-ring (bicyclic) bond motifs is 3. The molecule has 2 saturated carbocycles. The molecule has 2 heterocycles. The maximum atomic E-state index is 5.35. The Balaban J connectivity index is 1.28. The molecular formula is C26H39N3O. The lowest BCUT2D eigenvalue weighted by molar-refractivity contribution is 0.257. The standard InChI is InChI=1S/C26H39N3O/c1-3-4-5-23-17-27-26-28(13-12-22-15-20-6-9-21(22)14-20)24(18-29(23)26)16-19-7-10-25(30-2)11-8-19/h7-8,10-11,20-24H,3-6,9,12-18H2,1-2H3/t20?,21?,22?,23-,24-/m1/s1. The number of rotatable bonds is 9. The summed E-state index contributed by atoms with van der Waals surface area (Å²) in [4.78, 5) is 10.4. The Morgan fingerprint density at radius 3 is 2.63 bits per heavy atom. The SMILES string of the molecule is CCCC[C@@H]1CN=C2N(CCC3CC4CCC3C4)[C@H](Cc3ccc(OC)cc3)CN21. The molecule has 1 saturated heterocycles. The van der Waals surface area contributed by atoms with Crippen molar-refractivity contribution in [2.24, 2.45) is 22.7 Å². The van der Waals surface area contributed by atoms with Gasteiger partial charge in [0.15, 0.2) is 5.96 Å². The smallest absolute Gasteiger partial charge is 0.197 e. The second-order valence-corrected chi connectivity index (χ2v) is 10.2. The zero-order valence-electron chi connectivity index (χ0n) is 18.9. The van der Waals surface area contributed by atoms with Crippen LogP contribution in [0, 0.1) is 17.8 Å². The van der Waals surface area contributed by atoms with Crippen molar-refractivity contribution in [3.05, 3.63) is 29.8 Å². The van der Waals surface area contributed by atoms with Gasteiger partial charge in [-0.15, -0.1) is 0 Å². The minimum absolute atomic E-state index is 0.556. The molecule has 1 aromatic rings. The molecule has 4 aliphatic rings. The molecule has 4 nitrogen and oxygen atoms in total. The fourth-order valence-corrected chi connectivity index (χ4v) is 6.73. The van der Waals surface area contributed by atoms with E-state index in [-0.39, 0.29) is 0 Å². The fraction of sp³-hybridized carbons (Fsp3) is 0.731. The van der Waals surface area contributed by atoms with Gasteiger partial charge in [-0.2, -0.15) is 0 Å². The van der Waals surface area contributed by atoms with E-state index in [0.29, 0.717) is 12.1 Å². The van der Waals surface area contributed by atoms with Crippen molar-refractivity contribution in [2.75, 3.05) is 26.7 Å². The molecular weight excluding hydrogens is 370 g/mol. The fourth-order valence-electron chi connectivity index (χ4n) is 6.73. The number of ether oxygens (including phenoxy) is 1. The Bertz CT molecular complexity index is 745. The Morgan fingerprint density at radius 1 is 1.07 bits per heavy atom. The molecule has 5 rings (SSSR count). The van der Waals surface area contributed by atoms with Crippen LogP contribution in [-0.2, 0) is 6.42 Å². The third-order valence-corrected chi connectivity index (χ3v) is 8.39. The van der Waals surface area contributed by atoms with Crippen LogP contribution in [0.15, 0.2) is 29.3 Å². The molecule has 5 atom stereocenters. The summed E-state index contributed by atoms with van der Waals surface area (Å²) in [5.74, 6) is 5.31. The van der Waals surface area contributed by atoms with Gasteiger partial charge in [0.05, 0.1) is 25.7 Å². The predicted octanol–water partition coefficient (Wildman–Crippen LogP) is 4.98. The van der Waals surface area contributed by atoms with E-state index in [2.05, 4.69) is 41.0 Å². The second kappa shape index (κ2) is 8.80. The van der Waals surface area contributed by atoms with E-state index in [1.807, 2.05) is 0 Å². The van der Waals surface area contributed by atoms with Crippen molar-refractivity contribution >= 4 is 5.96 Å². The van der Waals surface area contributed by atoms with Crippen molar-refractivity contribution < 1.29 is 4.74 Å². The minimum Gasteiger partial charge on any atom is -0.497 e. The molecule has 3 unspecified atom stereocenters. The Morgan fingerprint density at radius 2 is 1.93 bits per heavy atom. The normalized spacial score (nSPS) is 32.1. The first kappa shape index (κ1) is 20.2. The van der Waals surface area contributed by atoms with E-state index in [1.54, 1.807) is 7.11 Å². The highest BCUT2D eigenvalue weighted by Gasteiger charge is 2.43. The molecule has 0 N–H and O–H groups in total. The summed E-state index contributed by atoms with van der Waals surface area (Å²) in [6, 6.07) is 9.88. The van der Waals surface area contributed by atoms with Crippen LogP contribution in [0.3, 0.4) is 0 Å². The zero-order valence-corrected chi connectivity index (χ0v) is 18.9. The van der Waals surface area contributed by atoms with Gasteiger partial charge < -0.3 is 14.5 Å². The Labute approximate surface area is 182 Å². The first-order valence-electron chi connectivity index (χ1n) is 12.5. The van der Waals surface area contributed by atoms with E-state index in [0.717, 1.165) is 43.0 Å². The molecule has 4 heteroatoms. The molecule has 3 fully saturated rings. The average molecular weight is 410 g/mol. The van der Waals surface area contributed by atoms with Gasteiger partial charge in [0.25, 0.3) is 0 Å². The molecule has 2 aliphatic heterocycles. The lowest BCUT2D eigenvalue weighted by atomic mass is 9.86. The van der Waals surface area contributed by atoms with Crippen LogP contribution in [0.2, 0.25) is 0 Å². The zero-order chi connectivity index (χ0) is 20.5. The van der Waals surface area contributed by atoms with Crippen molar-refractivity contribution in [3.8, 4) is 5.75 Å². The quantitative estimate of drug-likeness (QED) is 0.576. The second-order valence-electron chi connectivity index (χ2n) is 10.2. The van der Waals surface area contributed by atoms with Crippen LogP contribution in [0.1, 0.15) is 63.9 Å². The van der Waals surface area contributed by atoms with Gasteiger partial charge in [0, 0.05) is 13.1 Å². The maximum Gasteiger partial charge on any atom is 0.197 e. The first-order valence-corrected chi connectivity index (χ1v) is 12.5.